The maximum Gasteiger partial charge on any atom is 0.338 e. The molecular formula is C22H20N4O3. The van der Waals surface area contributed by atoms with E-state index in [-0.39, 0.29) is 13.0 Å². The molecule has 0 radical (unpaired) electrons. The number of aromatic nitrogens is 2. The average Bonchev–Trinajstić information content (AvgIpc) is 2.73. The Hall–Kier alpha value is -3.79. The second-order valence-electron chi connectivity index (χ2n) is 6.46. The molecule has 0 unspecified atom stereocenters. The molecule has 0 aliphatic heterocycles. The third-order valence-electron chi connectivity index (χ3n) is 4.45. The average molecular weight is 388 g/mol. The predicted molar refractivity (Wildman–Crippen MR) is 108 cm³/mol. The van der Waals surface area contributed by atoms with Gasteiger partial charge in [-0.2, -0.15) is 5.26 Å². The first kappa shape index (κ1) is 20.0. The maximum atomic E-state index is 12.6. The van der Waals surface area contributed by atoms with Crippen LogP contribution in [-0.4, -0.2) is 35.0 Å². The van der Waals surface area contributed by atoms with Crippen LogP contribution in [0.3, 0.4) is 0 Å². The van der Waals surface area contributed by atoms with Gasteiger partial charge in [0.25, 0.3) is 5.91 Å². The Morgan fingerprint density at radius 3 is 2.41 bits per heavy atom. The molecule has 1 amide bonds. The molecule has 0 saturated carbocycles. The standard InChI is InChI=1S/C22H20N4O3/c1-15-16(2)25-20-13-17(9-10-19(20)24-15)22(28)29-14-21(27)26(12-6-11-23)18-7-4-3-5-8-18/h3-5,7-10,13H,6,12,14H2,1-2H3. The summed E-state index contributed by atoms with van der Waals surface area (Å²) in [5, 5.41) is 8.85. The number of amides is 1. The van der Waals surface area contributed by atoms with Gasteiger partial charge in [-0.3, -0.25) is 4.79 Å². The van der Waals surface area contributed by atoms with Crippen molar-refractivity contribution >= 4 is 28.6 Å². The largest absolute Gasteiger partial charge is 0.452 e. The summed E-state index contributed by atoms with van der Waals surface area (Å²) in [6, 6.07) is 15.9. The molecule has 1 heterocycles. The van der Waals surface area contributed by atoms with Gasteiger partial charge >= 0.3 is 5.97 Å². The molecule has 3 aromatic rings. The van der Waals surface area contributed by atoms with E-state index in [9.17, 15) is 9.59 Å². The molecule has 0 aliphatic rings. The zero-order valence-corrected chi connectivity index (χ0v) is 16.3. The number of carbonyl (C=O) groups excluding carboxylic acids is 2. The number of fused-ring (bicyclic) bond motifs is 1. The van der Waals surface area contributed by atoms with Gasteiger partial charge in [-0.05, 0) is 44.2 Å². The molecule has 7 nitrogen and oxygen atoms in total. The molecule has 0 aliphatic carbocycles. The third-order valence-corrected chi connectivity index (χ3v) is 4.45. The molecule has 0 bridgehead atoms. The predicted octanol–water partition coefficient (Wildman–Crippen LogP) is 3.35. The minimum Gasteiger partial charge on any atom is -0.452 e. The quantitative estimate of drug-likeness (QED) is 0.601. The van der Waals surface area contributed by atoms with E-state index in [0.29, 0.717) is 22.3 Å². The van der Waals surface area contributed by atoms with Crippen LogP contribution < -0.4 is 4.90 Å². The number of nitrogens with zero attached hydrogens (tertiary/aromatic N) is 4. The summed E-state index contributed by atoms with van der Waals surface area (Å²) >= 11 is 0. The van der Waals surface area contributed by atoms with Gasteiger partial charge in [-0.25, -0.2) is 14.8 Å². The van der Waals surface area contributed by atoms with E-state index in [0.717, 1.165) is 11.4 Å². The number of rotatable bonds is 6. The number of hydrogen-bond acceptors (Lipinski definition) is 6. The first-order valence-corrected chi connectivity index (χ1v) is 9.14. The highest BCUT2D eigenvalue weighted by Crippen LogP contribution is 2.16. The number of hydrogen-bond donors (Lipinski definition) is 0. The second-order valence-corrected chi connectivity index (χ2v) is 6.46. The van der Waals surface area contributed by atoms with Crippen LogP contribution in [-0.2, 0) is 9.53 Å². The fourth-order valence-corrected chi connectivity index (χ4v) is 2.81. The van der Waals surface area contributed by atoms with Crippen LogP contribution >= 0.6 is 0 Å². The summed E-state index contributed by atoms with van der Waals surface area (Å²) in [5.74, 6) is -1.01. The molecule has 0 spiro atoms. The minimum absolute atomic E-state index is 0.177. The van der Waals surface area contributed by atoms with Gasteiger partial charge in [0.15, 0.2) is 6.61 Å². The summed E-state index contributed by atoms with van der Waals surface area (Å²) in [4.78, 5) is 35.3. The summed E-state index contributed by atoms with van der Waals surface area (Å²) in [6.07, 6.45) is 0.177. The molecule has 146 valence electrons. The Labute approximate surface area is 168 Å². The van der Waals surface area contributed by atoms with Crippen LogP contribution in [0.15, 0.2) is 48.5 Å². The molecule has 1 aromatic heterocycles. The molecule has 29 heavy (non-hydrogen) atoms. The van der Waals surface area contributed by atoms with Crippen molar-refractivity contribution in [1.29, 1.82) is 5.26 Å². The highest BCUT2D eigenvalue weighted by Gasteiger charge is 2.18. The van der Waals surface area contributed by atoms with Gasteiger partial charge in [0.1, 0.15) is 0 Å². The third kappa shape index (κ3) is 4.74. The summed E-state index contributed by atoms with van der Waals surface area (Å²) < 4.78 is 5.21. The second kappa shape index (κ2) is 8.93. The molecule has 2 aromatic carbocycles. The van der Waals surface area contributed by atoms with E-state index in [1.165, 1.54) is 4.90 Å². The molecule has 0 fully saturated rings. The molecule has 3 rings (SSSR count). The first-order valence-electron chi connectivity index (χ1n) is 9.14. The number of carbonyl (C=O) groups is 2. The Morgan fingerprint density at radius 2 is 1.72 bits per heavy atom. The lowest BCUT2D eigenvalue weighted by atomic mass is 10.2. The van der Waals surface area contributed by atoms with Crippen LogP contribution in [0.4, 0.5) is 5.69 Å². The number of para-hydroxylation sites is 1. The Morgan fingerprint density at radius 1 is 1.03 bits per heavy atom. The van der Waals surface area contributed by atoms with Gasteiger partial charge < -0.3 is 9.64 Å². The van der Waals surface area contributed by atoms with Crippen molar-refractivity contribution in [2.45, 2.75) is 20.3 Å². The van der Waals surface area contributed by atoms with Gasteiger partial charge in [0, 0.05) is 12.2 Å². The highest BCUT2D eigenvalue weighted by atomic mass is 16.5. The van der Waals surface area contributed by atoms with E-state index in [1.54, 1.807) is 42.5 Å². The van der Waals surface area contributed by atoms with Crippen molar-refractivity contribution in [2.75, 3.05) is 18.1 Å². The fraction of sp³-hybridized carbons (Fsp3) is 0.227. The van der Waals surface area contributed by atoms with E-state index >= 15 is 0 Å². The Kier molecular flexibility index (Phi) is 6.15. The zero-order valence-electron chi connectivity index (χ0n) is 16.3. The molecular weight excluding hydrogens is 368 g/mol. The highest BCUT2D eigenvalue weighted by molar-refractivity contribution is 5.98. The van der Waals surface area contributed by atoms with Crippen molar-refractivity contribution in [3.8, 4) is 6.07 Å². The van der Waals surface area contributed by atoms with E-state index in [2.05, 4.69) is 9.97 Å². The Bertz CT molecular complexity index is 1090. The molecule has 7 heteroatoms. The molecule has 0 saturated heterocycles. The zero-order chi connectivity index (χ0) is 20.8. The number of benzene rings is 2. The van der Waals surface area contributed by atoms with Crippen molar-refractivity contribution in [2.24, 2.45) is 0 Å². The van der Waals surface area contributed by atoms with Crippen LogP contribution in [0.25, 0.3) is 11.0 Å². The lowest BCUT2D eigenvalue weighted by Crippen LogP contribution is -2.35. The van der Waals surface area contributed by atoms with Crippen LogP contribution in [0.2, 0.25) is 0 Å². The Balaban J connectivity index is 1.71. The maximum absolute atomic E-state index is 12.6. The lowest BCUT2D eigenvalue weighted by molar-refractivity contribution is -0.121. The van der Waals surface area contributed by atoms with Crippen LogP contribution in [0.1, 0.15) is 28.2 Å². The molecule has 0 atom stereocenters. The van der Waals surface area contributed by atoms with Crippen LogP contribution in [0.5, 0.6) is 0 Å². The van der Waals surface area contributed by atoms with Gasteiger partial charge in [0.05, 0.1) is 40.5 Å². The van der Waals surface area contributed by atoms with Crippen molar-refractivity contribution < 1.29 is 14.3 Å². The summed E-state index contributed by atoms with van der Waals surface area (Å²) in [6.45, 7) is 3.53. The van der Waals surface area contributed by atoms with Gasteiger partial charge in [-0.1, -0.05) is 18.2 Å². The normalized spacial score (nSPS) is 10.4. The SMILES string of the molecule is Cc1nc2ccc(C(=O)OCC(=O)N(CCC#N)c3ccccc3)cc2nc1C. The monoisotopic (exact) mass is 388 g/mol. The summed E-state index contributed by atoms with van der Waals surface area (Å²) in [5.41, 5.74) is 3.84. The van der Waals surface area contributed by atoms with E-state index in [1.807, 2.05) is 26.0 Å². The fourth-order valence-electron chi connectivity index (χ4n) is 2.81. The summed E-state index contributed by atoms with van der Waals surface area (Å²) in [7, 11) is 0. The number of nitriles is 1. The topological polar surface area (TPSA) is 96.2 Å². The van der Waals surface area contributed by atoms with Crippen LogP contribution in [0, 0.1) is 25.2 Å². The first-order chi connectivity index (χ1) is 14.0. The number of esters is 1. The van der Waals surface area contributed by atoms with Crippen molar-refractivity contribution in [3.63, 3.8) is 0 Å². The lowest BCUT2D eigenvalue weighted by Gasteiger charge is -2.21. The number of ether oxygens (including phenoxy) is 1. The van der Waals surface area contributed by atoms with Crippen molar-refractivity contribution in [3.05, 3.63) is 65.5 Å². The number of anilines is 1. The van der Waals surface area contributed by atoms with Gasteiger partial charge in [0.2, 0.25) is 0 Å². The molecule has 0 N–H and O–H groups in total. The van der Waals surface area contributed by atoms with Crippen molar-refractivity contribution in [1.82, 2.24) is 9.97 Å². The smallest absolute Gasteiger partial charge is 0.338 e. The van der Waals surface area contributed by atoms with E-state index < -0.39 is 18.5 Å². The minimum atomic E-state index is -0.617. The number of aryl methyl sites for hydroxylation is 2. The van der Waals surface area contributed by atoms with E-state index in [4.69, 9.17) is 10.00 Å². The van der Waals surface area contributed by atoms with Gasteiger partial charge in [-0.15, -0.1) is 0 Å².